The molecule has 1 aliphatic heterocycles. The van der Waals surface area contributed by atoms with Crippen LogP contribution in [0.1, 0.15) is 27.8 Å². The van der Waals surface area contributed by atoms with Crippen LogP contribution < -0.4 is 5.32 Å². The Morgan fingerprint density at radius 2 is 1.14 bits per heavy atom. The van der Waals surface area contributed by atoms with Crippen molar-refractivity contribution in [2.45, 2.75) is 5.41 Å². The predicted molar refractivity (Wildman–Crippen MR) is 201 cm³/mol. The molecule has 0 amide bonds. The fraction of sp³-hybridized carbons (Fsp3) is 0.0426. The summed E-state index contributed by atoms with van der Waals surface area (Å²) in [5.74, 6) is 0. The van der Waals surface area contributed by atoms with Gasteiger partial charge in [0.1, 0.15) is 11.8 Å². The van der Waals surface area contributed by atoms with Crippen molar-refractivity contribution < 1.29 is 0 Å². The summed E-state index contributed by atoms with van der Waals surface area (Å²) in [5.41, 5.74) is 17.7. The Bertz CT molecular complexity index is 2570. The van der Waals surface area contributed by atoms with Crippen molar-refractivity contribution in [3.8, 4) is 50.6 Å². The standard InChI is InChI=1S/C47H30N2/c48-29-35-26-34(23-24-49-35)32-14-10-13-31(25-32)33-21-22-40-44(27-33)47(42-19-8-6-16-37(42)38-17-7-9-20-43(38)47)45-28-41(30-11-2-1-3-12-30)36-15-4-5-18-39(36)46(40)45/h1-23,25-28,49H,24H2. The molecule has 1 N–H and O–H groups in total. The summed E-state index contributed by atoms with van der Waals surface area (Å²) in [6, 6.07) is 58.4. The molecule has 7 aromatic rings. The summed E-state index contributed by atoms with van der Waals surface area (Å²) < 4.78 is 0. The van der Waals surface area contributed by atoms with Crippen molar-refractivity contribution in [2.24, 2.45) is 0 Å². The molecule has 3 aliphatic rings. The van der Waals surface area contributed by atoms with Crippen molar-refractivity contribution in [2.75, 3.05) is 6.54 Å². The van der Waals surface area contributed by atoms with Crippen LogP contribution in [0.2, 0.25) is 0 Å². The van der Waals surface area contributed by atoms with Gasteiger partial charge in [0.15, 0.2) is 0 Å². The summed E-state index contributed by atoms with van der Waals surface area (Å²) in [5, 5.41) is 15.2. The number of nitrogens with one attached hydrogen (secondary N) is 1. The number of allylic oxidation sites excluding steroid dienone is 3. The van der Waals surface area contributed by atoms with Gasteiger partial charge in [-0.3, -0.25) is 0 Å². The molecule has 2 heteroatoms. The number of hydrogen-bond donors (Lipinski definition) is 1. The summed E-state index contributed by atoms with van der Waals surface area (Å²) in [6.07, 6.45) is 4.09. The van der Waals surface area contributed by atoms with Crippen LogP contribution >= 0.6 is 0 Å². The molecule has 2 nitrogen and oxygen atoms in total. The molecule has 1 heterocycles. The molecule has 0 saturated heterocycles. The average molecular weight is 623 g/mol. The minimum atomic E-state index is -0.471. The highest BCUT2D eigenvalue weighted by Crippen LogP contribution is 2.64. The second kappa shape index (κ2) is 10.5. The lowest BCUT2D eigenvalue weighted by Gasteiger charge is -2.31. The number of rotatable bonds is 3. The fourth-order valence-corrected chi connectivity index (χ4v) is 8.72. The highest BCUT2D eigenvalue weighted by Gasteiger charge is 2.52. The number of hydrogen-bond acceptors (Lipinski definition) is 2. The Morgan fingerprint density at radius 1 is 0.490 bits per heavy atom. The molecule has 0 aromatic heterocycles. The van der Waals surface area contributed by atoms with Crippen LogP contribution in [-0.4, -0.2) is 6.54 Å². The topological polar surface area (TPSA) is 35.8 Å². The Hall–Kier alpha value is -6.43. The van der Waals surface area contributed by atoms with Gasteiger partial charge in [-0.2, -0.15) is 5.26 Å². The van der Waals surface area contributed by atoms with Gasteiger partial charge in [0.05, 0.1) is 5.41 Å². The van der Waals surface area contributed by atoms with Crippen molar-refractivity contribution in [1.82, 2.24) is 5.32 Å². The van der Waals surface area contributed by atoms with Gasteiger partial charge in [0, 0.05) is 6.54 Å². The third kappa shape index (κ3) is 3.88. The first-order valence-corrected chi connectivity index (χ1v) is 16.9. The van der Waals surface area contributed by atoms with Crippen LogP contribution in [0.3, 0.4) is 0 Å². The number of fused-ring (bicyclic) bond motifs is 12. The molecule has 0 saturated carbocycles. The lowest BCUT2D eigenvalue weighted by atomic mass is 9.69. The number of dihydropyridines is 1. The van der Waals surface area contributed by atoms with Crippen molar-refractivity contribution in [3.05, 3.63) is 197 Å². The summed E-state index contributed by atoms with van der Waals surface area (Å²) in [7, 11) is 0. The van der Waals surface area contributed by atoms with E-state index in [-0.39, 0.29) is 0 Å². The van der Waals surface area contributed by atoms with Crippen LogP contribution in [0, 0.1) is 11.3 Å². The maximum absolute atomic E-state index is 9.53. The van der Waals surface area contributed by atoms with E-state index in [4.69, 9.17) is 0 Å². The normalized spacial score (nSPS) is 14.6. The maximum Gasteiger partial charge on any atom is 0.117 e. The van der Waals surface area contributed by atoms with E-state index in [0.29, 0.717) is 12.2 Å². The van der Waals surface area contributed by atoms with Crippen LogP contribution in [0.5, 0.6) is 0 Å². The summed E-state index contributed by atoms with van der Waals surface area (Å²) in [4.78, 5) is 0. The molecule has 0 atom stereocenters. The fourth-order valence-electron chi connectivity index (χ4n) is 8.72. The van der Waals surface area contributed by atoms with Gasteiger partial charge in [-0.25, -0.2) is 0 Å². The van der Waals surface area contributed by atoms with E-state index in [0.717, 1.165) is 16.7 Å². The van der Waals surface area contributed by atoms with Crippen molar-refractivity contribution >= 4 is 16.3 Å². The number of nitriles is 1. The second-order valence-corrected chi connectivity index (χ2v) is 13.2. The van der Waals surface area contributed by atoms with Gasteiger partial charge >= 0.3 is 0 Å². The first-order valence-electron chi connectivity index (χ1n) is 16.9. The smallest absolute Gasteiger partial charge is 0.117 e. The molecular formula is C47H30N2. The highest BCUT2D eigenvalue weighted by atomic mass is 14.9. The minimum Gasteiger partial charge on any atom is -0.373 e. The zero-order valence-electron chi connectivity index (χ0n) is 26.7. The van der Waals surface area contributed by atoms with E-state index in [1.54, 1.807) is 0 Å². The quantitative estimate of drug-likeness (QED) is 0.213. The first kappa shape index (κ1) is 27.7. The molecule has 0 fully saturated rings. The van der Waals surface area contributed by atoms with Crippen LogP contribution in [-0.2, 0) is 5.41 Å². The van der Waals surface area contributed by atoms with Crippen molar-refractivity contribution in [3.63, 3.8) is 0 Å². The number of benzene rings is 7. The lowest BCUT2D eigenvalue weighted by Crippen LogP contribution is -2.26. The Balaban J connectivity index is 1.28. The Kier molecular flexibility index (Phi) is 5.95. The monoisotopic (exact) mass is 622 g/mol. The van der Waals surface area contributed by atoms with Gasteiger partial charge in [-0.1, -0.05) is 140 Å². The second-order valence-electron chi connectivity index (χ2n) is 13.2. The Labute approximate surface area is 285 Å². The van der Waals surface area contributed by atoms with Crippen LogP contribution in [0.4, 0.5) is 0 Å². The van der Waals surface area contributed by atoms with E-state index >= 15 is 0 Å². The van der Waals surface area contributed by atoms with Crippen LogP contribution in [0.25, 0.3) is 60.9 Å². The van der Waals surface area contributed by atoms with Gasteiger partial charge in [0.25, 0.3) is 0 Å². The van der Waals surface area contributed by atoms with E-state index in [1.807, 2.05) is 6.08 Å². The first-order chi connectivity index (χ1) is 24.3. The van der Waals surface area contributed by atoms with E-state index in [9.17, 15) is 5.26 Å². The maximum atomic E-state index is 9.53. The zero-order valence-corrected chi connectivity index (χ0v) is 26.7. The molecule has 0 radical (unpaired) electrons. The molecule has 10 rings (SSSR count). The van der Waals surface area contributed by atoms with Gasteiger partial charge in [-0.05, 0) is 113 Å². The third-order valence-corrected chi connectivity index (χ3v) is 10.7. The molecule has 1 spiro atoms. The highest BCUT2D eigenvalue weighted by molar-refractivity contribution is 6.11. The third-order valence-electron chi connectivity index (χ3n) is 10.7. The van der Waals surface area contributed by atoms with Crippen molar-refractivity contribution in [1.29, 1.82) is 5.26 Å². The lowest BCUT2D eigenvalue weighted by molar-refractivity contribution is 0.795. The zero-order chi connectivity index (χ0) is 32.5. The van der Waals surface area contributed by atoms with E-state index in [2.05, 4.69) is 169 Å². The molecule has 49 heavy (non-hydrogen) atoms. The van der Waals surface area contributed by atoms with Crippen LogP contribution in [0.15, 0.2) is 170 Å². The molecule has 0 bridgehead atoms. The average Bonchev–Trinajstić information content (AvgIpc) is 3.65. The van der Waals surface area contributed by atoms with Gasteiger partial charge < -0.3 is 5.32 Å². The predicted octanol–water partition coefficient (Wildman–Crippen LogP) is 10.9. The van der Waals surface area contributed by atoms with E-state index < -0.39 is 5.41 Å². The van der Waals surface area contributed by atoms with Gasteiger partial charge in [-0.15, -0.1) is 0 Å². The molecule has 228 valence electrons. The van der Waals surface area contributed by atoms with Gasteiger partial charge in [0.2, 0.25) is 0 Å². The SMILES string of the molecule is N#CC1=CC(c2cccc(-c3ccc4c(c3)C3(c5ccccc5-c5ccccc53)c3cc(-c5ccccc5)c5ccccc5c3-4)c2)=CCN1. The number of nitrogens with zero attached hydrogens (tertiary/aromatic N) is 1. The molecular weight excluding hydrogens is 593 g/mol. The summed E-state index contributed by atoms with van der Waals surface area (Å²) >= 11 is 0. The molecule has 7 aromatic carbocycles. The molecule has 0 unspecified atom stereocenters. The van der Waals surface area contributed by atoms with E-state index in [1.165, 1.54) is 72.0 Å². The minimum absolute atomic E-state index is 0.471. The largest absolute Gasteiger partial charge is 0.373 e. The Morgan fingerprint density at radius 3 is 1.92 bits per heavy atom. The molecule has 2 aliphatic carbocycles. The summed E-state index contributed by atoms with van der Waals surface area (Å²) in [6.45, 7) is 0.649.